The first-order valence-electron chi connectivity index (χ1n) is 7.12. The van der Waals surface area contributed by atoms with Crippen LogP contribution in [0.1, 0.15) is 12.5 Å². The van der Waals surface area contributed by atoms with Crippen molar-refractivity contribution in [3.8, 4) is 0 Å². The highest BCUT2D eigenvalue weighted by Gasteiger charge is 2.43. The van der Waals surface area contributed by atoms with E-state index < -0.39 is 6.04 Å². The third kappa shape index (κ3) is 3.21. The Morgan fingerprint density at radius 1 is 1.04 bits per heavy atom. The van der Waals surface area contributed by atoms with E-state index in [4.69, 9.17) is 11.6 Å². The average Bonchev–Trinajstić information content (AvgIpc) is 2.74. The van der Waals surface area contributed by atoms with E-state index in [0.29, 0.717) is 17.3 Å². The van der Waals surface area contributed by atoms with E-state index in [-0.39, 0.29) is 11.9 Å². The number of carbonyl (C=O) groups excluding carboxylic acids is 2. The molecular formula is C17H14ClIN2O2. The maximum atomic E-state index is 12.7. The van der Waals surface area contributed by atoms with Gasteiger partial charge in [-0.3, -0.25) is 4.79 Å². The van der Waals surface area contributed by atoms with Crippen LogP contribution in [0, 0.1) is 3.57 Å². The van der Waals surface area contributed by atoms with Crippen LogP contribution in [0.5, 0.6) is 0 Å². The molecule has 1 aliphatic rings. The van der Waals surface area contributed by atoms with Crippen molar-refractivity contribution in [3.63, 3.8) is 0 Å². The predicted octanol–water partition coefficient (Wildman–Crippen LogP) is 4.30. The molecule has 1 heterocycles. The molecule has 23 heavy (non-hydrogen) atoms. The van der Waals surface area contributed by atoms with Gasteiger partial charge in [0, 0.05) is 15.1 Å². The van der Waals surface area contributed by atoms with Crippen molar-refractivity contribution < 1.29 is 9.59 Å². The smallest absolute Gasteiger partial charge is 0.308 e. The number of imide groups is 1. The van der Waals surface area contributed by atoms with Crippen LogP contribution in [0.2, 0.25) is 5.02 Å². The molecule has 3 amide bonds. The molecule has 6 heteroatoms. The van der Waals surface area contributed by atoms with E-state index in [9.17, 15) is 9.59 Å². The normalized spacial score (nSPS) is 18.0. The van der Waals surface area contributed by atoms with E-state index in [0.717, 1.165) is 9.13 Å². The van der Waals surface area contributed by atoms with Gasteiger partial charge in [-0.2, -0.15) is 0 Å². The second kappa shape index (κ2) is 6.49. The Hall–Kier alpha value is -1.60. The summed E-state index contributed by atoms with van der Waals surface area (Å²) >= 11 is 8.10. The summed E-state index contributed by atoms with van der Waals surface area (Å²) in [5.74, 6) is -0.220. The lowest BCUT2D eigenvalue weighted by Gasteiger charge is -2.19. The van der Waals surface area contributed by atoms with E-state index in [2.05, 4.69) is 22.6 Å². The van der Waals surface area contributed by atoms with Crippen LogP contribution in [0.15, 0.2) is 48.5 Å². The molecule has 118 valence electrons. The lowest BCUT2D eigenvalue weighted by Crippen LogP contribution is -2.33. The summed E-state index contributed by atoms with van der Waals surface area (Å²) in [6.45, 7) is 2.16. The first-order valence-corrected chi connectivity index (χ1v) is 8.57. The minimum absolute atomic E-state index is 0.220. The number of nitrogens with zero attached hydrogens (tertiary/aromatic N) is 2. The lowest BCUT2D eigenvalue weighted by molar-refractivity contribution is -0.119. The summed E-state index contributed by atoms with van der Waals surface area (Å²) < 4.78 is 1.13. The quantitative estimate of drug-likeness (QED) is 0.527. The van der Waals surface area contributed by atoms with Crippen molar-refractivity contribution >= 4 is 51.8 Å². The van der Waals surface area contributed by atoms with Gasteiger partial charge in [0.05, 0.1) is 5.69 Å². The van der Waals surface area contributed by atoms with Crippen LogP contribution in [0.25, 0.3) is 0 Å². The summed E-state index contributed by atoms with van der Waals surface area (Å²) in [5.41, 5.74) is 1.54. The van der Waals surface area contributed by atoms with Gasteiger partial charge in [-0.25, -0.2) is 9.69 Å². The zero-order valence-electron chi connectivity index (χ0n) is 12.4. The third-order valence-electron chi connectivity index (χ3n) is 3.83. The van der Waals surface area contributed by atoms with E-state index >= 15 is 0 Å². The molecule has 0 unspecified atom stereocenters. The van der Waals surface area contributed by atoms with Gasteiger partial charge in [0.2, 0.25) is 0 Å². The number of hydrogen-bond donors (Lipinski definition) is 0. The average molecular weight is 441 g/mol. The highest BCUT2D eigenvalue weighted by molar-refractivity contribution is 14.1. The van der Waals surface area contributed by atoms with Crippen molar-refractivity contribution in [1.29, 1.82) is 0 Å². The Balaban J connectivity index is 1.85. The summed E-state index contributed by atoms with van der Waals surface area (Å²) in [6.07, 6.45) is 0. The number of rotatable bonds is 3. The SMILES string of the molecule is C[C@H]1C(=O)N(c2ccc(Cl)cc2)C(=O)N1Cc1ccc(I)cc1. The summed E-state index contributed by atoms with van der Waals surface area (Å²) in [4.78, 5) is 28.0. The Bertz CT molecular complexity index is 746. The van der Waals surface area contributed by atoms with Gasteiger partial charge in [0.25, 0.3) is 5.91 Å². The van der Waals surface area contributed by atoms with Gasteiger partial charge in [-0.1, -0.05) is 23.7 Å². The second-order valence-electron chi connectivity index (χ2n) is 5.36. The number of halogens is 2. The molecule has 4 nitrogen and oxygen atoms in total. The van der Waals surface area contributed by atoms with Gasteiger partial charge in [0.15, 0.2) is 0 Å². The van der Waals surface area contributed by atoms with Crippen molar-refractivity contribution in [3.05, 3.63) is 62.7 Å². The summed E-state index contributed by atoms with van der Waals surface area (Å²) in [6, 6.07) is 13.8. The zero-order valence-corrected chi connectivity index (χ0v) is 15.3. The van der Waals surface area contributed by atoms with E-state index in [1.807, 2.05) is 24.3 Å². The van der Waals surface area contributed by atoms with Crippen molar-refractivity contribution in [1.82, 2.24) is 4.90 Å². The van der Waals surface area contributed by atoms with Gasteiger partial charge in [-0.05, 0) is 71.5 Å². The fraction of sp³-hybridized carbons (Fsp3) is 0.176. The van der Waals surface area contributed by atoms with Gasteiger partial charge in [-0.15, -0.1) is 0 Å². The molecule has 2 aromatic carbocycles. The van der Waals surface area contributed by atoms with Crippen molar-refractivity contribution in [2.24, 2.45) is 0 Å². The van der Waals surface area contributed by atoms with Gasteiger partial charge < -0.3 is 4.90 Å². The lowest BCUT2D eigenvalue weighted by atomic mass is 10.2. The number of anilines is 1. The molecule has 1 atom stereocenters. The molecule has 2 aromatic rings. The highest BCUT2D eigenvalue weighted by Crippen LogP contribution is 2.27. The zero-order chi connectivity index (χ0) is 16.6. The first kappa shape index (κ1) is 16.3. The van der Waals surface area contributed by atoms with E-state index in [1.165, 1.54) is 4.90 Å². The molecule has 0 bridgehead atoms. The van der Waals surface area contributed by atoms with Crippen molar-refractivity contribution in [2.75, 3.05) is 4.90 Å². The number of amides is 3. The molecule has 1 aliphatic heterocycles. The molecule has 1 saturated heterocycles. The molecule has 0 N–H and O–H groups in total. The summed E-state index contributed by atoms with van der Waals surface area (Å²) in [7, 11) is 0. The molecule has 1 fully saturated rings. The first-order chi connectivity index (χ1) is 11.0. The van der Waals surface area contributed by atoms with Crippen molar-refractivity contribution in [2.45, 2.75) is 19.5 Å². The van der Waals surface area contributed by atoms with Crippen LogP contribution >= 0.6 is 34.2 Å². The summed E-state index contributed by atoms with van der Waals surface area (Å²) in [5, 5.41) is 0.566. The molecule has 0 spiro atoms. The maximum absolute atomic E-state index is 12.7. The molecular weight excluding hydrogens is 427 g/mol. The minimum atomic E-state index is -0.488. The maximum Gasteiger partial charge on any atom is 0.332 e. The van der Waals surface area contributed by atoms with Gasteiger partial charge in [0.1, 0.15) is 6.04 Å². The molecule has 0 aliphatic carbocycles. The molecule has 3 rings (SSSR count). The monoisotopic (exact) mass is 440 g/mol. The fourth-order valence-corrected chi connectivity index (χ4v) is 3.01. The van der Waals surface area contributed by atoms with Crippen LogP contribution in [0.3, 0.4) is 0 Å². The van der Waals surface area contributed by atoms with Crippen LogP contribution in [-0.4, -0.2) is 22.9 Å². The minimum Gasteiger partial charge on any atom is -0.308 e. The molecule has 0 radical (unpaired) electrons. The second-order valence-corrected chi connectivity index (χ2v) is 7.05. The Labute approximate surface area is 153 Å². The number of carbonyl (C=O) groups is 2. The Morgan fingerprint density at radius 2 is 1.65 bits per heavy atom. The topological polar surface area (TPSA) is 40.6 Å². The highest BCUT2D eigenvalue weighted by atomic mass is 127. The number of hydrogen-bond acceptors (Lipinski definition) is 2. The van der Waals surface area contributed by atoms with Crippen LogP contribution in [-0.2, 0) is 11.3 Å². The standard InChI is InChI=1S/C17H14ClIN2O2/c1-11-16(22)21(15-8-4-13(18)5-9-15)17(23)20(11)10-12-2-6-14(19)7-3-12/h2-9,11H,10H2,1H3/t11-/m0/s1. The Morgan fingerprint density at radius 3 is 2.26 bits per heavy atom. The predicted molar refractivity (Wildman–Crippen MR) is 98.5 cm³/mol. The third-order valence-corrected chi connectivity index (χ3v) is 4.80. The van der Waals surface area contributed by atoms with Gasteiger partial charge >= 0.3 is 6.03 Å². The number of benzene rings is 2. The molecule has 0 aromatic heterocycles. The largest absolute Gasteiger partial charge is 0.332 e. The van der Waals surface area contributed by atoms with E-state index in [1.54, 1.807) is 36.1 Å². The fourth-order valence-electron chi connectivity index (χ4n) is 2.53. The molecule has 0 saturated carbocycles. The van der Waals surface area contributed by atoms with Crippen LogP contribution in [0.4, 0.5) is 10.5 Å². The number of urea groups is 1. The Kier molecular flexibility index (Phi) is 4.59. The van der Waals surface area contributed by atoms with Crippen LogP contribution < -0.4 is 4.90 Å².